The van der Waals surface area contributed by atoms with Gasteiger partial charge in [0.25, 0.3) is 0 Å². The van der Waals surface area contributed by atoms with Crippen molar-refractivity contribution in [2.75, 3.05) is 37.6 Å². The quantitative estimate of drug-likeness (QED) is 0.552. The molecule has 1 aromatic carbocycles. The highest BCUT2D eigenvalue weighted by Crippen LogP contribution is 2.39. The van der Waals surface area contributed by atoms with Crippen molar-refractivity contribution in [3.8, 4) is 0 Å². The summed E-state index contributed by atoms with van der Waals surface area (Å²) in [6, 6.07) is 4.13. The van der Waals surface area contributed by atoms with Crippen molar-refractivity contribution in [1.29, 1.82) is 0 Å². The molecule has 27 heavy (non-hydrogen) atoms. The zero-order valence-corrected chi connectivity index (χ0v) is 16.0. The molecule has 3 aromatic heterocycles. The number of β-amino-alcohol motifs (C(OH)–C–C–N with tert-alkyl or cyclic N) is 1. The van der Waals surface area contributed by atoms with Gasteiger partial charge in [-0.15, -0.1) is 0 Å². The molecule has 7 heteroatoms. The largest absolute Gasteiger partial charge is 0.392 e. The van der Waals surface area contributed by atoms with Crippen LogP contribution in [0.5, 0.6) is 0 Å². The SMILES string of the molecule is C[C@H](O)CN1CCN(c2nc3c4ccncc4c4cnccc4c3s2)CC1. The average molecular weight is 379 g/mol. The third-order valence-corrected chi connectivity index (χ3v) is 6.36. The number of piperazine rings is 1. The van der Waals surface area contributed by atoms with Crippen molar-refractivity contribution in [1.82, 2.24) is 19.9 Å². The molecule has 0 spiro atoms. The molecule has 1 fully saturated rings. The second-order valence-electron chi connectivity index (χ2n) is 7.15. The number of benzene rings is 1. The highest BCUT2D eigenvalue weighted by atomic mass is 32.1. The van der Waals surface area contributed by atoms with Crippen molar-refractivity contribution >= 4 is 48.2 Å². The van der Waals surface area contributed by atoms with Crippen LogP contribution >= 0.6 is 11.3 Å². The van der Waals surface area contributed by atoms with Crippen LogP contribution in [0.2, 0.25) is 0 Å². The van der Waals surface area contributed by atoms with Gasteiger partial charge in [-0.1, -0.05) is 11.3 Å². The number of anilines is 1. The first-order valence-corrected chi connectivity index (χ1v) is 10.1. The predicted octanol–water partition coefficient (Wildman–Crippen LogP) is 2.90. The van der Waals surface area contributed by atoms with Gasteiger partial charge in [-0.2, -0.15) is 0 Å². The first kappa shape index (κ1) is 16.8. The third-order valence-electron chi connectivity index (χ3n) is 5.21. The zero-order valence-electron chi connectivity index (χ0n) is 15.2. The van der Waals surface area contributed by atoms with Gasteiger partial charge in [0.1, 0.15) is 0 Å². The number of pyridine rings is 2. The molecular formula is C20H21N5OS. The molecule has 4 heterocycles. The van der Waals surface area contributed by atoms with Gasteiger partial charge in [0.05, 0.1) is 16.3 Å². The molecule has 5 rings (SSSR count). The van der Waals surface area contributed by atoms with Gasteiger partial charge < -0.3 is 10.0 Å². The summed E-state index contributed by atoms with van der Waals surface area (Å²) in [7, 11) is 0. The monoisotopic (exact) mass is 379 g/mol. The standard InChI is InChI=1S/C20H21N5OS/c1-13(26)12-24-6-8-25(9-7-24)20-23-18-14-2-4-21-10-16(14)17-11-22-5-3-15(17)19(18)27-20/h2-5,10-11,13,26H,6-9,12H2,1H3/t13-/m0/s1. The normalized spacial score (nSPS) is 17.2. The van der Waals surface area contributed by atoms with Gasteiger partial charge in [-0.25, -0.2) is 4.98 Å². The van der Waals surface area contributed by atoms with Crippen LogP contribution in [0.4, 0.5) is 5.13 Å². The van der Waals surface area contributed by atoms with Crippen LogP contribution in [-0.4, -0.2) is 63.8 Å². The van der Waals surface area contributed by atoms with Crippen molar-refractivity contribution in [2.24, 2.45) is 0 Å². The number of nitrogens with zero attached hydrogens (tertiary/aromatic N) is 5. The van der Waals surface area contributed by atoms with E-state index in [9.17, 15) is 5.11 Å². The van der Waals surface area contributed by atoms with Gasteiger partial charge >= 0.3 is 0 Å². The summed E-state index contributed by atoms with van der Waals surface area (Å²) in [6.07, 6.45) is 7.23. The number of rotatable bonds is 3. The summed E-state index contributed by atoms with van der Waals surface area (Å²) in [4.78, 5) is 18.3. The Labute approximate surface area is 161 Å². The summed E-state index contributed by atoms with van der Waals surface area (Å²) in [6.45, 7) is 6.37. The Bertz CT molecular complexity index is 1040. The zero-order chi connectivity index (χ0) is 18.4. The Hall–Kier alpha value is -2.35. The fraction of sp³-hybridized carbons (Fsp3) is 0.350. The Morgan fingerprint density at radius 3 is 2.37 bits per heavy atom. The smallest absolute Gasteiger partial charge is 0.186 e. The van der Waals surface area contributed by atoms with Gasteiger partial charge in [-0.3, -0.25) is 14.9 Å². The predicted molar refractivity (Wildman–Crippen MR) is 111 cm³/mol. The summed E-state index contributed by atoms with van der Waals surface area (Å²) >= 11 is 1.76. The van der Waals surface area contributed by atoms with E-state index in [0.29, 0.717) is 0 Å². The lowest BCUT2D eigenvalue weighted by Gasteiger charge is -2.35. The van der Waals surface area contributed by atoms with Crippen LogP contribution in [0.3, 0.4) is 0 Å². The van der Waals surface area contributed by atoms with Crippen molar-refractivity contribution in [3.63, 3.8) is 0 Å². The molecule has 1 N–H and O–H groups in total. The first-order valence-electron chi connectivity index (χ1n) is 9.26. The maximum atomic E-state index is 9.61. The molecular weight excluding hydrogens is 358 g/mol. The molecule has 1 atom stereocenters. The fourth-order valence-electron chi connectivity index (χ4n) is 3.93. The molecule has 6 nitrogen and oxygen atoms in total. The van der Waals surface area contributed by atoms with E-state index < -0.39 is 0 Å². The van der Waals surface area contributed by atoms with E-state index in [-0.39, 0.29) is 6.10 Å². The molecule has 0 saturated carbocycles. The number of fused-ring (bicyclic) bond motifs is 6. The second-order valence-corrected chi connectivity index (χ2v) is 8.13. The lowest BCUT2D eigenvalue weighted by Crippen LogP contribution is -2.48. The van der Waals surface area contributed by atoms with Crippen LogP contribution in [0.25, 0.3) is 31.8 Å². The van der Waals surface area contributed by atoms with Crippen molar-refractivity contribution in [3.05, 3.63) is 36.9 Å². The Morgan fingerprint density at radius 1 is 1.00 bits per heavy atom. The average Bonchev–Trinajstić information content (AvgIpc) is 3.14. The molecule has 0 amide bonds. The number of aromatic nitrogens is 3. The van der Waals surface area contributed by atoms with E-state index in [4.69, 9.17) is 4.98 Å². The molecule has 1 saturated heterocycles. The highest BCUT2D eigenvalue weighted by Gasteiger charge is 2.22. The number of aliphatic hydroxyl groups is 1. The maximum absolute atomic E-state index is 9.61. The number of hydrogen-bond donors (Lipinski definition) is 1. The van der Waals surface area contributed by atoms with Crippen molar-refractivity contribution < 1.29 is 5.11 Å². The van der Waals surface area contributed by atoms with Crippen LogP contribution in [0.1, 0.15) is 6.92 Å². The first-order chi connectivity index (χ1) is 13.2. The van der Waals surface area contributed by atoms with E-state index in [1.54, 1.807) is 11.3 Å². The number of thiazole rings is 1. The summed E-state index contributed by atoms with van der Waals surface area (Å²) in [5.74, 6) is 0. The molecule has 0 aliphatic carbocycles. The van der Waals surface area contributed by atoms with Gasteiger partial charge in [-0.05, 0) is 19.1 Å². The molecule has 138 valence electrons. The van der Waals surface area contributed by atoms with Crippen LogP contribution in [-0.2, 0) is 0 Å². The maximum Gasteiger partial charge on any atom is 0.186 e. The number of aliphatic hydroxyl groups excluding tert-OH is 1. The molecule has 0 radical (unpaired) electrons. The summed E-state index contributed by atoms with van der Waals surface area (Å²) < 4.78 is 1.22. The van der Waals surface area contributed by atoms with Gasteiger partial charge in [0.15, 0.2) is 5.13 Å². The summed E-state index contributed by atoms with van der Waals surface area (Å²) in [5.41, 5.74) is 1.05. The Morgan fingerprint density at radius 2 is 1.67 bits per heavy atom. The Kier molecular flexibility index (Phi) is 4.15. The summed E-state index contributed by atoms with van der Waals surface area (Å²) in [5, 5.41) is 15.2. The minimum atomic E-state index is -0.279. The molecule has 4 aromatic rings. The van der Waals surface area contributed by atoms with Crippen LogP contribution in [0, 0.1) is 0 Å². The molecule has 1 aliphatic rings. The molecule has 0 bridgehead atoms. The topological polar surface area (TPSA) is 65.4 Å². The van der Waals surface area contributed by atoms with E-state index in [2.05, 4.69) is 25.8 Å². The van der Waals surface area contributed by atoms with Crippen LogP contribution in [0.15, 0.2) is 36.9 Å². The second kappa shape index (κ2) is 6.67. The van der Waals surface area contributed by atoms with E-state index >= 15 is 0 Å². The van der Waals surface area contributed by atoms with E-state index in [1.165, 1.54) is 10.1 Å². The lowest BCUT2D eigenvalue weighted by molar-refractivity contribution is 0.123. The van der Waals surface area contributed by atoms with Gasteiger partial charge in [0, 0.05) is 79.1 Å². The Balaban J connectivity index is 1.58. The van der Waals surface area contributed by atoms with Gasteiger partial charge in [0.2, 0.25) is 0 Å². The van der Waals surface area contributed by atoms with Crippen molar-refractivity contribution in [2.45, 2.75) is 13.0 Å². The lowest BCUT2D eigenvalue weighted by atomic mass is 10.0. The molecule has 1 aliphatic heterocycles. The molecule has 0 unspecified atom stereocenters. The minimum absolute atomic E-state index is 0.279. The van der Waals surface area contributed by atoms with E-state index in [1.807, 2.05) is 37.8 Å². The number of hydrogen-bond acceptors (Lipinski definition) is 7. The van der Waals surface area contributed by atoms with E-state index in [0.717, 1.165) is 59.5 Å². The van der Waals surface area contributed by atoms with Crippen LogP contribution < -0.4 is 4.90 Å². The fourth-order valence-corrected chi connectivity index (χ4v) is 5.10. The minimum Gasteiger partial charge on any atom is -0.392 e. The highest BCUT2D eigenvalue weighted by molar-refractivity contribution is 7.23. The third kappa shape index (κ3) is 2.92.